The van der Waals surface area contributed by atoms with E-state index >= 15 is 0 Å². The Kier molecular flexibility index (Phi) is 4.72. The van der Waals surface area contributed by atoms with Crippen LogP contribution in [0.3, 0.4) is 0 Å². The molecule has 2 atom stereocenters. The lowest BCUT2D eigenvalue weighted by Gasteiger charge is -2.32. The molecule has 116 valence electrons. The van der Waals surface area contributed by atoms with Crippen molar-refractivity contribution in [3.63, 3.8) is 0 Å². The zero-order valence-corrected chi connectivity index (χ0v) is 13.6. The van der Waals surface area contributed by atoms with Gasteiger partial charge in [-0.05, 0) is 61.8 Å². The molecule has 0 aromatic heterocycles. The number of hydrogen-bond acceptors (Lipinski definition) is 2. The summed E-state index contributed by atoms with van der Waals surface area (Å²) in [7, 11) is 0. The summed E-state index contributed by atoms with van der Waals surface area (Å²) in [4.78, 5) is 2.50. The second kappa shape index (κ2) is 6.72. The Bertz CT molecular complexity index is 431. The molecule has 2 unspecified atom stereocenters. The zero-order chi connectivity index (χ0) is 14.7. The van der Waals surface area contributed by atoms with Gasteiger partial charge >= 0.3 is 0 Å². The topological polar surface area (TPSA) is 15.3 Å². The van der Waals surface area contributed by atoms with E-state index in [1.165, 1.54) is 63.0 Å². The van der Waals surface area contributed by atoms with E-state index in [1.807, 2.05) is 0 Å². The largest absolute Gasteiger partial charge is 0.382 e. The normalized spacial score (nSPS) is 26.3. The zero-order valence-electron chi connectivity index (χ0n) is 13.6. The standard InChI is InChI=1S/C19H30N2/c1-15(2)16-6-5-7-18(14-16)20-17-8-10-19(11-9-17)21-12-3-4-13-21/h8-11,15-16,18,20H,3-7,12-14H2,1-2H3. The summed E-state index contributed by atoms with van der Waals surface area (Å²) >= 11 is 0. The minimum Gasteiger partial charge on any atom is -0.382 e. The molecule has 1 aliphatic carbocycles. The van der Waals surface area contributed by atoms with Gasteiger partial charge in [0.2, 0.25) is 0 Å². The summed E-state index contributed by atoms with van der Waals surface area (Å²) in [6.45, 7) is 7.20. The molecule has 0 spiro atoms. The maximum atomic E-state index is 3.76. The van der Waals surface area contributed by atoms with Crippen LogP contribution in [0.4, 0.5) is 11.4 Å². The van der Waals surface area contributed by atoms with Crippen molar-refractivity contribution < 1.29 is 0 Å². The first kappa shape index (κ1) is 14.7. The number of rotatable bonds is 4. The van der Waals surface area contributed by atoms with Gasteiger partial charge in [0, 0.05) is 30.5 Å². The molecular formula is C19H30N2. The number of hydrogen-bond donors (Lipinski definition) is 1. The Morgan fingerprint density at radius 3 is 2.38 bits per heavy atom. The van der Waals surface area contributed by atoms with Crippen LogP contribution >= 0.6 is 0 Å². The summed E-state index contributed by atoms with van der Waals surface area (Å²) in [5, 5.41) is 3.76. The maximum Gasteiger partial charge on any atom is 0.0367 e. The molecule has 0 amide bonds. The first-order chi connectivity index (χ1) is 10.2. The van der Waals surface area contributed by atoms with Crippen LogP contribution in [0.25, 0.3) is 0 Å². The maximum absolute atomic E-state index is 3.76. The van der Waals surface area contributed by atoms with E-state index in [0.717, 1.165) is 11.8 Å². The van der Waals surface area contributed by atoms with Crippen molar-refractivity contribution in [3.8, 4) is 0 Å². The van der Waals surface area contributed by atoms with Crippen LogP contribution in [0.2, 0.25) is 0 Å². The van der Waals surface area contributed by atoms with Gasteiger partial charge in [0.05, 0.1) is 0 Å². The van der Waals surface area contributed by atoms with Crippen molar-refractivity contribution in [2.75, 3.05) is 23.3 Å². The highest BCUT2D eigenvalue weighted by Gasteiger charge is 2.24. The molecule has 0 radical (unpaired) electrons. The van der Waals surface area contributed by atoms with Crippen LogP contribution in [0.1, 0.15) is 52.4 Å². The van der Waals surface area contributed by atoms with E-state index in [0.29, 0.717) is 6.04 Å². The third-order valence-electron chi connectivity index (χ3n) is 5.37. The highest BCUT2D eigenvalue weighted by atomic mass is 15.1. The number of benzene rings is 1. The number of anilines is 2. The fourth-order valence-corrected chi connectivity index (χ4v) is 3.94. The van der Waals surface area contributed by atoms with Gasteiger partial charge in [0.15, 0.2) is 0 Å². The quantitative estimate of drug-likeness (QED) is 0.845. The van der Waals surface area contributed by atoms with Crippen LogP contribution in [-0.4, -0.2) is 19.1 Å². The van der Waals surface area contributed by atoms with Crippen molar-refractivity contribution in [1.29, 1.82) is 0 Å². The number of nitrogens with zero attached hydrogens (tertiary/aromatic N) is 1. The summed E-state index contributed by atoms with van der Waals surface area (Å²) in [6, 6.07) is 9.79. The summed E-state index contributed by atoms with van der Waals surface area (Å²) in [5.41, 5.74) is 2.69. The van der Waals surface area contributed by atoms with E-state index in [1.54, 1.807) is 0 Å². The predicted octanol–water partition coefficient (Wildman–Crippen LogP) is 4.91. The van der Waals surface area contributed by atoms with Crippen LogP contribution in [-0.2, 0) is 0 Å². The Morgan fingerprint density at radius 1 is 1.00 bits per heavy atom. The molecule has 2 nitrogen and oxygen atoms in total. The Hall–Kier alpha value is -1.18. The van der Waals surface area contributed by atoms with Gasteiger partial charge in [0.25, 0.3) is 0 Å². The first-order valence-corrected chi connectivity index (χ1v) is 8.84. The van der Waals surface area contributed by atoms with Crippen LogP contribution in [0, 0.1) is 11.8 Å². The van der Waals surface area contributed by atoms with E-state index in [-0.39, 0.29) is 0 Å². The summed E-state index contributed by atoms with van der Waals surface area (Å²) in [5.74, 6) is 1.73. The predicted molar refractivity (Wildman–Crippen MR) is 92.1 cm³/mol. The van der Waals surface area contributed by atoms with E-state index in [2.05, 4.69) is 48.3 Å². The van der Waals surface area contributed by atoms with Gasteiger partial charge in [0.1, 0.15) is 0 Å². The third-order valence-corrected chi connectivity index (χ3v) is 5.37. The minimum absolute atomic E-state index is 0.670. The highest BCUT2D eigenvalue weighted by Crippen LogP contribution is 2.32. The van der Waals surface area contributed by atoms with Crippen molar-refractivity contribution in [2.45, 2.75) is 58.4 Å². The second-order valence-corrected chi connectivity index (χ2v) is 7.25. The Labute approximate surface area is 129 Å². The van der Waals surface area contributed by atoms with Crippen LogP contribution < -0.4 is 10.2 Å². The average molecular weight is 286 g/mol. The lowest BCUT2D eigenvalue weighted by Crippen LogP contribution is -2.29. The monoisotopic (exact) mass is 286 g/mol. The van der Waals surface area contributed by atoms with E-state index in [9.17, 15) is 0 Å². The van der Waals surface area contributed by atoms with Crippen molar-refractivity contribution in [1.82, 2.24) is 0 Å². The summed E-state index contributed by atoms with van der Waals surface area (Å²) < 4.78 is 0. The summed E-state index contributed by atoms with van der Waals surface area (Å²) in [6.07, 6.45) is 8.16. The molecule has 1 heterocycles. The average Bonchev–Trinajstić information content (AvgIpc) is 3.02. The van der Waals surface area contributed by atoms with Crippen molar-refractivity contribution in [2.24, 2.45) is 11.8 Å². The van der Waals surface area contributed by atoms with Gasteiger partial charge in [-0.25, -0.2) is 0 Å². The molecule has 21 heavy (non-hydrogen) atoms. The van der Waals surface area contributed by atoms with Crippen molar-refractivity contribution in [3.05, 3.63) is 24.3 Å². The van der Waals surface area contributed by atoms with Gasteiger partial charge in [-0.2, -0.15) is 0 Å². The SMILES string of the molecule is CC(C)C1CCCC(Nc2ccc(N3CCCC3)cc2)C1. The molecule has 1 saturated heterocycles. The fourth-order valence-electron chi connectivity index (χ4n) is 3.94. The highest BCUT2D eigenvalue weighted by molar-refractivity contribution is 5.55. The lowest BCUT2D eigenvalue weighted by atomic mass is 9.79. The van der Waals surface area contributed by atoms with Gasteiger partial charge in [-0.15, -0.1) is 0 Å². The molecule has 3 rings (SSSR count). The Morgan fingerprint density at radius 2 is 1.71 bits per heavy atom. The van der Waals surface area contributed by atoms with Crippen molar-refractivity contribution >= 4 is 11.4 Å². The van der Waals surface area contributed by atoms with Gasteiger partial charge in [-0.3, -0.25) is 0 Å². The molecule has 1 saturated carbocycles. The van der Waals surface area contributed by atoms with E-state index in [4.69, 9.17) is 0 Å². The fraction of sp³-hybridized carbons (Fsp3) is 0.684. The molecule has 1 aliphatic heterocycles. The molecular weight excluding hydrogens is 256 g/mol. The molecule has 1 aromatic carbocycles. The minimum atomic E-state index is 0.670. The van der Waals surface area contributed by atoms with E-state index < -0.39 is 0 Å². The molecule has 1 N–H and O–H groups in total. The van der Waals surface area contributed by atoms with Crippen LogP contribution in [0.5, 0.6) is 0 Å². The molecule has 2 heteroatoms. The van der Waals surface area contributed by atoms with Gasteiger partial charge in [-0.1, -0.05) is 26.7 Å². The molecule has 1 aromatic rings. The molecule has 2 fully saturated rings. The first-order valence-electron chi connectivity index (χ1n) is 8.84. The molecule has 2 aliphatic rings. The molecule has 0 bridgehead atoms. The third kappa shape index (κ3) is 3.72. The second-order valence-electron chi connectivity index (χ2n) is 7.25. The van der Waals surface area contributed by atoms with Crippen LogP contribution in [0.15, 0.2) is 24.3 Å². The number of nitrogens with one attached hydrogen (secondary N) is 1. The Balaban J connectivity index is 1.57. The van der Waals surface area contributed by atoms with Gasteiger partial charge < -0.3 is 10.2 Å². The lowest BCUT2D eigenvalue weighted by molar-refractivity contribution is 0.264. The smallest absolute Gasteiger partial charge is 0.0367 e.